The van der Waals surface area contributed by atoms with E-state index in [1.807, 2.05) is 19.1 Å². The first-order valence-corrected chi connectivity index (χ1v) is 6.52. The quantitative estimate of drug-likeness (QED) is 0.874. The lowest BCUT2D eigenvalue weighted by Gasteiger charge is -2.27. The van der Waals surface area contributed by atoms with Crippen LogP contribution in [0.2, 0.25) is 0 Å². The van der Waals surface area contributed by atoms with E-state index < -0.39 is 0 Å². The van der Waals surface area contributed by atoms with Crippen molar-refractivity contribution in [2.24, 2.45) is 11.7 Å². The molecule has 2 N–H and O–H groups in total. The summed E-state index contributed by atoms with van der Waals surface area (Å²) in [6.45, 7) is 4.77. The Morgan fingerprint density at radius 2 is 2.24 bits per heavy atom. The number of aromatic nitrogens is 1. The maximum absolute atomic E-state index is 6.04. The molecule has 3 nitrogen and oxygen atoms in total. The van der Waals surface area contributed by atoms with Crippen molar-refractivity contribution in [1.82, 2.24) is 4.98 Å². The smallest absolute Gasteiger partial charge is 0.218 e. The Hall–Kier alpha value is -1.09. The predicted molar refractivity (Wildman–Crippen MR) is 68.9 cm³/mol. The maximum atomic E-state index is 6.04. The normalized spacial score (nSPS) is 24.6. The molecule has 0 aromatic carbocycles. The van der Waals surface area contributed by atoms with Gasteiger partial charge in [0.15, 0.2) is 0 Å². The molecular weight excluding hydrogens is 212 g/mol. The Labute approximate surface area is 103 Å². The first-order chi connectivity index (χ1) is 8.19. The molecule has 0 saturated heterocycles. The third-order valence-corrected chi connectivity index (χ3v) is 3.46. The van der Waals surface area contributed by atoms with Gasteiger partial charge < -0.3 is 10.5 Å². The van der Waals surface area contributed by atoms with Crippen LogP contribution in [0.15, 0.2) is 12.1 Å². The summed E-state index contributed by atoms with van der Waals surface area (Å²) >= 11 is 0. The maximum Gasteiger partial charge on any atom is 0.218 e. The number of ether oxygens (including phenoxy) is 1. The van der Waals surface area contributed by atoms with Gasteiger partial charge in [-0.1, -0.05) is 19.4 Å². The minimum absolute atomic E-state index is 0.318. The first kappa shape index (κ1) is 12.4. The monoisotopic (exact) mass is 234 g/mol. The average Bonchev–Trinajstić information content (AvgIpc) is 2.29. The van der Waals surface area contributed by atoms with Crippen LogP contribution in [0.25, 0.3) is 0 Å². The SMILES string of the molecule is Cc1ccc(CN)c(OC2CCCC(C)C2)n1. The lowest BCUT2D eigenvalue weighted by atomic mass is 9.89. The summed E-state index contributed by atoms with van der Waals surface area (Å²) in [6.07, 6.45) is 5.18. The van der Waals surface area contributed by atoms with Crippen LogP contribution < -0.4 is 10.5 Å². The fourth-order valence-electron chi connectivity index (χ4n) is 2.46. The average molecular weight is 234 g/mol. The fourth-order valence-corrected chi connectivity index (χ4v) is 2.46. The van der Waals surface area contributed by atoms with Crippen molar-refractivity contribution in [3.63, 3.8) is 0 Å². The summed E-state index contributed by atoms with van der Waals surface area (Å²) in [5.41, 5.74) is 7.71. The van der Waals surface area contributed by atoms with E-state index in [9.17, 15) is 0 Å². The number of hydrogen-bond acceptors (Lipinski definition) is 3. The van der Waals surface area contributed by atoms with Gasteiger partial charge in [-0.15, -0.1) is 0 Å². The standard InChI is InChI=1S/C14H22N2O/c1-10-4-3-5-13(8-10)17-14-12(9-15)7-6-11(2)16-14/h6-7,10,13H,3-5,8-9,15H2,1-2H3. The van der Waals surface area contributed by atoms with Gasteiger partial charge >= 0.3 is 0 Å². The van der Waals surface area contributed by atoms with Crippen molar-refractivity contribution < 1.29 is 4.74 Å². The van der Waals surface area contributed by atoms with E-state index in [1.165, 1.54) is 12.8 Å². The van der Waals surface area contributed by atoms with Gasteiger partial charge in [-0.2, -0.15) is 0 Å². The largest absolute Gasteiger partial charge is 0.474 e. The van der Waals surface area contributed by atoms with E-state index >= 15 is 0 Å². The summed E-state index contributed by atoms with van der Waals surface area (Å²) in [7, 11) is 0. The zero-order valence-electron chi connectivity index (χ0n) is 10.8. The van der Waals surface area contributed by atoms with Gasteiger partial charge in [-0.25, -0.2) is 4.98 Å². The van der Waals surface area contributed by atoms with Gasteiger partial charge in [0, 0.05) is 17.8 Å². The first-order valence-electron chi connectivity index (χ1n) is 6.52. The van der Waals surface area contributed by atoms with Crippen molar-refractivity contribution in [1.29, 1.82) is 0 Å². The van der Waals surface area contributed by atoms with E-state index in [2.05, 4.69) is 11.9 Å². The molecule has 2 unspecified atom stereocenters. The molecule has 3 heteroatoms. The highest BCUT2D eigenvalue weighted by atomic mass is 16.5. The Bertz CT molecular complexity index is 378. The highest BCUT2D eigenvalue weighted by Crippen LogP contribution is 2.28. The second-order valence-electron chi connectivity index (χ2n) is 5.13. The van der Waals surface area contributed by atoms with Crippen LogP contribution in [-0.2, 0) is 6.54 Å². The van der Waals surface area contributed by atoms with Crippen molar-refractivity contribution in [3.05, 3.63) is 23.4 Å². The lowest BCUT2D eigenvalue weighted by molar-refractivity contribution is 0.122. The van der Waals surface area contributed by atoms with Crippen molar-refractivity contribution in [3.8, 4) is 5.88 Å². The lowest BCUT2D eigenvalue weighted by Crippen LogP contribution is -2.25. The van der Waals surface area contributed by atoms with Crippen LogP contribution in [0.1, 0.15) is 43.9 Å². The zero-order chi connectivity index (χ0) is 12.3. The summed E-state index contributed by atoms with van der Waals surface area (Å²) in [6, 6.07) is 4.00. The molecule has 2 atom stereocenters. The Balaban J connectivity index is 2.08. The molecule has 1 heterocycles. The molecule has 94 valence electrons. The molecule has 0 spiro atoms. The number of aryl methyl sites for hydroxylation is 1. The summed E-state index contributed by atoms with van der Waals surface area (Å²) in [5.74, 6) is 1.51. The molecule has 0 bridgehead atoms. The molecule has 1 aliphatic carbocycles. The Morgan fingerprint density at radius 1 is 1.41 bits per heavy atom. The molecular formula is C14H22N2O. The van der Waals surface area contributed by atoms with Gasteiger partial charge in [0.1, 0.15) is 6.10 Å². The zero-order valence-corrected chi connectivity index (χ0v) is 10.8. The van der Waals surface area contributed by atoms with Gasteiger partial charge in [-0.3, -0.25) is 0 Å². The molecule has 1 fully saturated rings. The molecule has 0 radical (unpaired) electrons. The van der Waals surface area contributed by atoms with Crippen molar-refractivity contribution in [2.75, 3.05) is 0 Å². The van der Waals surface area contributed by atoms with E-state index in [1.54, 1.807) is 0 Å². The molecule has 17 heavy (non-hydrogen) atoms. The van der Waals surface area contributed by atoms with Crippen LogP contribution >= 0.6 is 0 Å². The molecule has 1 aromatic heterocycles. The van der Waals surface area contributed by atoms with Crippen LogP contribution in [-0.4, -0.2) is 11.1 Å². The number of pyridine rings is 1. The van der Waals surface area contributed by atoms with E-state index in [0.29, 0.717) is 12.6 Å². The third-order valence-electron chi connectivity index (χ3n) is 3.46. The van der Waals surface area contributed by atoms with Gasteiger partial charge in [-0.05, 0) is 38.2 Å². The second kappa shape index (κ2) is 5.50. The van der Waals surface area contributed by atoms with E-state index in [4.69, 9.17) is 10.5 Å². The Morgan fingerprint density at radius 3 is 2.94 bits per heavy atom. The molecule has 2 rings (SSSR count). The van der Waals surface area contributed by atoms with Gasteiger partial charge in [0.05, 0.1) is 0 Å². The molecule has 1 aliphatic rings. The second-order valence-corrected chi connectivity index (χ2v) is 5.13. The highest BCUT2D eigenvalue weighted by Gasteiger charge is 2.21. The highest BCUT2D eigenvalue weighted by molar-refractivity contribution is 5.28. The van der Waals surface area contributed by atoms with E-state index in [-0.39, 0.29) is 0 Å². The van der Waals surface area contributed by atoms with Gasteiger partial charge in [0.25, 0.3) is 0 Å². The predicted octanol–water partition coefficient (Wildman–Crippen LogP) is 2.81. The minimum atomic E-state index is 0.318. The summed E-state index contributed by atoms with van der Waals surface area (Å²) in [5, 5.41) is 0. The topological polar surface area (TPSA) is 48.1 Å². The molecule has 0 amide bonds. The van der Waals surface area contributed by atoms with Gasteiger partial charge in [0.2, 0.25) is 5.88 Å². The number of hydrogen-bond donors (Lipinski definition) is 1. The van der Waals surface area contributed by atoms with Crippen molar-refractivity contribution in [2.45, 2.75) is 52.2 Å². The Kier molecular flexibility index (Phi) is 4.00. The van der Waals surface area contributed by atoms with Crippen LogP contribution in [0.4, 0.5) is 0 Å². The number of rotatable bonds is 3. The van der Waals surface area contributed by atoms with Crippen LogP contribution in [0, 0.1) is 12.8 Å². The molecule has 0 aliphatic heterocycles. The molecule has 1 saturated carbocycles. The molecule has 1 aromatic rings. The minimum Gasteiger partial charge on any atom is -0.474 e. The number of nitrogens with zero attached hydrogens (tertiary/aromatic N) is 1. The summed E-state index contributed by atoms with van der Waals surface area (Å²) < 4.78 is 6.04. The van der Waals surface area contributed by atoms with E-state index in [0.717, 1.165) is 35.9 Å². The van der Waals surface area contributed by atoms with Crippen molar-refractivity contribution >= 4 is 0 Å². The van der Waals surface area contributed by atoms with Crippen LogP contribution in [0.5, 0.6) is 5.88 Å². The third kappa shape index (κ3) is 3.19. The number of nitrogens with two attached hydrogens (primary N) is 1. The fraction of sp³-hybridized carbons (Fsp3) is 0.643. The summed E-state index contributed by atoms with van der Waals surface area (Å²) in [4.78, 5) is 4.46. The van der Waals surface area contributed by atoms with Crippen LogP contribution in [0.3, 0.4) is 0 Å².